The van der Waals surface area contributed by atoms with Crippen LogP contribution in [0.15, 0.2) is 42.6 Å². The van der Waals surface area contributed by atoms with E-state index < -0.39 is 0 Å². The van der Waals surface area contributed by atoms with Gasteiger partial charge in [-0.25, -0.2) is 4.68 Å². The maximum atomic E-state index is 12.9. The minimum absolute atomic E-state index is 0.0963. The molecule has 3 aromatic rings. The molecule has 2 aromatic heterocycles. The van der Waals surface area contributed by atoms with Gasteiger partial charge in [0.2, 0.25) is 5.88 Å². The molecule has 0 fully saturated rings. The number of methoxy groups -OCH3 is 1. The maximum Gasteiger partial charge on any atom is 0.259 e. The number of carbonyl (C=O) groups is 2. The number of nitrogens with zero attached hydrogens (tertiary/aromatic N) is 4. The van der Waals surface area contributed by atoms with Crippen LogP contribution in [0.1, 0.15) is 29.9 Å². The fraction of sp³-hybridized carbons (Fsp3) is 0.286. The predicted molar refractivity (Wildman–Crippen MR) is 114 cm³/mol. The van der Waals surface area contributed by atoms with Crippen molar-refractivity contribution >= 4 is 17.5 Å². The van der Waals surface area contributed by atoms with Crippen molar-refractivity contribution in [1.29, 1.82) is 0 Å². The van der Waals surface area contributed by atoms with Crippen molar-refractivity contribution in [1.82, 2.24) is 25.3 Å². The summed E-state index contributed by atoms with van der Waals surface area (Å²) in [5.74, 6) is 0.826. The molecule has 0 radical (unpaired) electrons. The van der Waals surface area contributed by atoms with Gasteiger partial charge in [-0.15, -0.1) is 10.2 Å². The van der Waals surface area contributed by atoms with E-state index >= 15 is 0 Å². The molecular formula is C21H24N6O4. The Labute approximate surface area is 179 Å². The second-order valence-electron chi connectivity index (χ2n) is 6.43. The van der Waals surface area contributed by atoms with Crippen molar-refractivity contribution in [2.75, 3.05) is 25.6 Å². The Morgan fingerprint density at radius 3 is 2.65 bits per heavy atom. The number of hydrogen-bond donors (Lipinski definition) is 2. The molecule has 0 saturated heterocycles. The average Bonchev–Trinajstić information content (AvgIpc) is 3.22. The number of nitrogens with one attached hydrogen (secondary N) is 2. The number of carbonyl (C=O) groups excluding carboxylic acids is 2. The van der Waals surface area contributed by atoms with E-state index in [0.717, 1.165) is 0 Å². The van der Waals surface area contributed by atoms with Gasteiger partial charge in [-0.2, -0.15) is 5.10 Å². The lowest BCUT2D eigenvalue weighted by molar-refractivity contribution is -0.122. The molecule has 0 aliphatic rings. The van der Waals surface area contributed by atoms with Gasteiger partial charge in [0.15, 0.2) is 12.4 Å². The van der Waals surface area contributed by atoms with Crippen LogP contribution in [0.2, 0.25) is 0 Å². The van der Waals surface area contributed by atoms with Crippen molar-refractivity contribution in [2.45, 2.75) is 20.3 Å². The minimum Gasteiger partial charge on any atom is -0.484 e. The number of likely N-dealkylation sites (N-methyl/N-ethyl adjacent to an activating group) is 1. The maximum absolute atomic E-state index is 12.9. The number of ether oxygens (including phenoxy) is 2. The van der Waals surface area contributed by atoms with Gasteiger partial charge in [0.1, 0.15) is 5.75 Å². The van der Waals surface area contributed by atoms with E-state index in [4.69, 9.17) is 9.47 Å². The van der Waals surface area contributed by atoms with Gasteiger partial charge in [-0.1, -0.05) is 13.0 Å². The molecule has 1 aromatic carbocycles. The molecule has 0 saturated carbocycles. The minimum atomic E-state index is -0.314. The van der Waals surface area contributed by atoms with Crippen molar-refractivity contribution < 1.29 is 19.1 Å². The van der Waals surface area contributed by atoms with E-state index in [0.29, 0.717) is 47.4 Å². The van der Waals surface area contributed by atoms with Crippen molar-refractivity contribution in [3.8, 4) is 17.4 Å². The summed E-state index contributed by atoms with van der Waals surface area (Å²) in [6.07, 6.45) is 2.06. The lowest BCUT2D eigenvalue weighted by atomic mass is 10.2. The summed E-state index contributed by atoms with van der Waals surface area (Å²) >= 11 is 0. The molecule has 2 heterocycles. The van der Waals surface area contributed by atoms with E-state index in [-0.39, 0.29) is 18.4 Å². The van der Waals surface area contributed by atoms with Gasteiger partial charge < -0.3 is 20.1 Å². The smallest absolute Gasteiger partial charge is 0.259 e. The third kappa shape index (κ3) is 5.35. The summed E-state index contributed by atoms with van der Waals surface area (Å²) in [6.45, 7) is 4.20. The van der Waals surface area contributed by atoms with Crippen LogP contribution in [-0.2, 0) is 11.2 Å². The van der Waals surface area contributed by atoms with Crippen LogP contribution < -0.4 is 20.1 Å². The molecule has 3 rings (SSSR count). The fourth-order valence-electron chi connectivity index (χ4n) is 2.90. The van der Waals surface area contributed by atoms with Crippen LogP contribution in [0.3, 0.4) is 0 Å². The number of anilines is 1. The molecule has 0 aliphatic carbocycles. The Hall–Kier alpha value is -3.95. The third-order valence-electron chi connectivity index (χ3n) is 4.34. The third-order valence-corrected chi connectivity index (χ3v) is 4.34. The van der Waals surface area contributed by atoms with Gasteiger partial charge in [0.05, 0.1) is 24.6 Å². The number of benzene rings is 1. The lowest BCUT2D eigenvalue weighted by Gasteiger charge is -2.10. The van der Waals surface area contributed by atoms with E-state index in [1.54, 1.807) is 41.1 Å². The second kappa shape index (κ2) is 10.2. The van der Waals surface area contributed by atoms with Crippen molar-refractivity contribution in [3.05, 3.63) is 53.9 Å². The van der Waals surface area contributed by atoms with Crippen molar-refractivity contribution in [3.63, 3.8) is 0 Å². The van der Waals surface area contributed by atoms with Gasteiger partial charge >= 0.3 is 0 Å². The largest absolute Gasteiger partial charge is 0.484 e. The molecule has 0 spiro atoms. The monoisotopic (exact) mass is 424 g/mol. The molecule has 0 bridgehead atoms. The summed E-state index contributed by atoms with van der Waals surface area (Å²) in [7, 11) is 1.51. The van der Waals surface area contributed by atoms with E-state index in [9.17, 15) is 9.59 Å². The number of hydrogen-bond acceptors (Lipinski definition) is 7. The zero-order valence-corrected chi connectivity index (χ0v) is 17.6. The number of rotatable bonds is 9. The normalized spacial score (nSPS) is 10.4. The topological polar surface area (TPSA) is 120 Å². The Morgan fingerprint density at radius 1 is 1.13 bits per heavy atom. The first-order valence-corrected chi connectivity index (χ1v) is 9.81. The Bertz CT molecular complexity index is 1050. The highest BCUT2D eigenvalue weighted by Gasteiger charge is 2.18. The van der Waals surface area contributed by atoms with Gasteiger partial charge in [-0.3, -0.25) is 9.59 Å². The Morgan fingerprint density at radius 2 is 1.97 bits per heavy atom. The molecule has 10 nitrogen and oxygen atoms in total. The quantitative estimate of drug-likeness (QED) is 0.539. The predicted octanol–water partition coefficient (Wildman–Crippen LogP) is 2.00. The zero-order valence-electron chi connectivity index (χ0n) is 17.6. The summed E-state index contributed by atoms with van der Waals surface area (Å²) < 4.78 is 12.1. The molecule has 0 aliphatic heterocycles. The molecule has 2 amide bonds. The van der Waals surface area contributed by atoms with E-state index in [1.807, 2.05) is 13.8 Å². The standard InChI is InChI=1S/C21H24N6O4/c1-4-17-16(12-23-27(17)18-9-10-20(30-3)26-25-18)21(29)24-14-7-6-8-15(11-14)31-13-19(28)22-5-2/h6-12H,4-5,13H2,1-3H3,(H,22,28)(H,24,29). The van der Waals surface area contributed by atoms with Crippen LogP contribution in [0.5, 0.6) is 11.6 Å². The van der Waals surface area contributed by atoms with Crippen molar-refractivity contribution in [2.24, 2.45) is 0 Å². The highest BCUT2D eigenvalue weighted by molar-refractivity contribution is 6.05. The molecule has 0 unspecified atom stereocenters. The second-order valence-corrected chi connectivity index (χ2v) is 6.43. The zero-order chi connectivity index (χ0) is 22.2. The van der Waals surface area contributed by atoms with Gasteiger partial charge in [-0.05, 0) is 31.5 Å². The van der Waals surface area contributed by atoms with Crippen LogP contribution in [0.25, 0.3) is 5.82 Å². The van der Waals surface area contributed by atoms with E-state index in [1.165, 1.54) is 13.3 Å². The first kappa shape index (κ1) is 21.8. The molecule has 10 heteroatoms. The van der Waals surface area contributed by atoms with Gasteiger partial charge in [0.25, 0.3) is 11.8 Å². The van der Waals surface area contributed by atoms with E-state index in [2.05, 4.69) is 25.9 Å². The highest BCUT2D eigenvalue weighted by atomic mass is 16.5. The highest BCUT2D eigenvalue weighted by Crippen LogP contribution is 2.20. The molecule has 31 heavy (non-hydrogen) atoms. The van der Waals surface area contributed by atoms with Crippen LogP contribution in [0, 0.1) is 0 Å². The first-order chi connectivity index (χ1) is 15.0. The van der Waals surface area contributed by atoms with Gasteiger partial charge in [0, 0.05) is 24.4 Å². The lowest BCUT2D eigenvalue weighted by Crippen LogP contribution is -2.28. The Kier molecular flexibility index (Phi) is 7.15. The average molecular weight is 424 g/mol. The number of amides is 2. The molecule has 0 atom stereocenters. The Balaban J connectivity index is 1.74. The van der Waals surface area contributed by atoms with Crippen LogP contribution >= 0.6 is 0 Å². The SMILES string of the molecule is CCNC(=O)COc1cccc(NC(=O)c2cnn(-c3ccc(OC)nn3)c2CC)c1. The fourth-order valence-corrected chi connectivity index (χ4v) is 2.90. The molecule has 162 valence electrons. The first-order valence-electron chi connectivity index (χ1n) is 9.81. The summed E-state index contributed by atoms with van der Waals surface area (Å²) in [6, 6.07) is 10.2. The number of aromatic nitrogens is 4. The summed E-state index contributed by atoms with van der Waals surface area (Å²) in [4.78, 5) is 24.4. The van der Waals surface area contributed by atoms with Crippen LogP contribution in [0.4, 0.5) is 5.69 Å². The molecular weight excluding hydrogens is 400 g/mol. The molecule has 2 N–H and O–H groups in total. The van der Waals surface area contributed by atoms with Crippen LogP contribution in [-0.4, -0.2) is 52.1 Å². The summed E-state index contributed by atoms with van der Waals surface area (Å²) in [5, 5.41) is 17.8. The summed E-state index contributed by atoms with van der Waals surface area (Å²) in [5.41, 5.74) is 1.66.